The maximum Gasteiger partial charge on any atom is 0.242 e. The Kier molecular flexibility index (Phi) is 2.74. The van der Waals surface area contributed by atoms with E-state index in [9.17, 15) is 13.2 Å². The van der Waals surface area contributed by atoms with Crippen LogP contribution in [0.25, 0.3) is 0 Å². The number of nitrogens with zero attached hydrogens (tertiary/aromatic N) is 1. The van der Waals surface area contributed by atoms with Crippen LogP contribution in [0.15, 0.2) is 0 Å². The van der Waals surface area contributed by atoms with E-state index in [1.165, 1.54) is 0 Å². The van der Waals surface area contributed by atoms with Crippen molar-refractivity contribution < 1.29 is 13.2 Å². The highest BCUT2D eigenvalue weighted by atomic mass is 32.2. The van der Waals surface area contributed by atoms with E-state index < -0.39 is 15.4 Å². The number of amides is 1. The fraction of sp³-hybridized carbons (Fsp3) is 0.900. The summed E-state index contributed by atoms with van der Waals surface area (Å²) in [6.45, 7) is 0. The van der Waals surface area contributed by atoms with Crippen LogP contribution in [0.1, 0.15) is 25.7 Å². The summed E-state index contributed by atoms with van der Waals surface area (Å²) in [5.74, 6) is 0.180. The second-order valence-corrected chi connectivity index (χ2v) is 7.21. The number of rotatable bonds is 2. The second-order valence-electron chi connectivity index (χ2n) is 4.98. The van der Waals surface area contributed by atoms with Gasteiger partial charge in [0.2, 0.25) is 5.91 Å². The van der Waals surface area contributed by atoms with Crippen LogP contribution in [0.5, 0.6) is 0 Å². The molecule has 0 aromatic heterocycles. The highest BCUT2D eigenvalue weighted by Crippen LogP contribution is 2.32. The normalized spacial score (nSPS) is 30.8. The summed E-state index contributed by atoms with van der Waals surface area (Å²) in [5.41, 5.74) is 5.22. The Balaban J connectivity index is 2.03. The molecule has 92 valence electrons. The lowest BCUT2D eigenvalue weighted by Crippen LogP contribution is -2.60. The van der Waals surface area contributed by atoms with Crippen LogP contribution in [0.4, 0.5) is 0 Å². The molecular weight excluding hydrogens is 228 g/mol. The minimum Gasteiger partial charge on any atom is -0.340 e. The molecule has 1 atom stereocenters. The third-order valence-corrected chi connectivity index (χ3v) is 5.50. The fourth-order valence-corrected chi connectivity index (χ4v) is 4.14. The number of carbonyl (C=O) groups is 1. The highest BCUT2D eigenvalue weighted by molar-refractivity contribution is 7.91. The molecule has 1 aliphatic carbocycles. The summed E-state index contributed by atoms with van der Waals surface area (Å²) >= 11 is 0. The monoisotopic (exact) mass is 246 g/mol. The van der Waals surface area contributed by atoms with Crippen LogP contribution in [-0.4, -0.2) is 49.4 Å². The van der Waals surface area contributed by atoms with Crippen LogP contribution < -0.4 is 5.73 Å². The van der Waals surface area contributed by atoms with Gasteiger partial charge in [-0.1, -0.05) is 0 Å². The molecule has 0 spiro atoms. The molecule has 1 aliphatic heterocycles. The van der Waals surface area contributed by atoms with Gasteiger partial charge < -0.3 is 10.6 Å². The molecule has 16 heavy (non-hydrogen) atoms. The average molecular weight is 246 g/mol. The van der Waals surface area contributed by atoms with Gasteiger partial charge >= 0.3 is 0 Å². The van der Waals surface area contributed by atoms with Crippen LogP contribution in [0, 0.1) is 0 Å². The zero-order chi connectivity index (χ0) is 12.0. The first kappa shape index (κ1) is 11.9. The van der Waals surface area contributed by atoms with E-state index in [1.54, 1.807) is 11.9 Å². The van der Waals surface area contributed by atoms with Gasteiger partial charge in [0.1, 0.15) is 0 Å². The Bertz CT molecular complexity index is 400. The van der Waals surface area contributed by atoms with E-state index in [-0.39, 0.29) is 23.5 Å². The first-order chi connectivity index (χ1) is 7.34. The molecule has 0 radical (unpaired) electrons. The summed E-state index contributed by atoms with van der Waals surface area (Å²) < 4.78 is 22.7. The molecule has 0 aromatic carbocycles. The van der Waals surface area contributed by atoms with Crippen molar-refractivity contribution in [1.82, 2.24) is 4.90 Å². The van der Waals surface area contributed by atoms with Crippen molar-refractivity contribution in [3.63, 3.8) is 0 Å². The Morgan fingerprint density at radius 2 is 2.06 bits per heavy atom. The largest absolute Gasteiger partial charge is 0.340 e. The van der Waals surface area contributed by atoms with Crippen molar-refractivity contribution in [3.8, 4) is 0 Å². The quantitative estimate of drug-likeness (QED) is 0.713. The zero-order valence-corrected chi connectivity index (χ0v) is 10.3. The first-order valence-electron chi connectivity index (χ1n) is 5.61. The van der Waals surface area contributed by atoms with Crippen molar-refractivity contribution in [3.05, 3.63) is 0 Å². The number of sulfone groups is 1. The molecule has 1 saturated heterocycles. The maximum absolute atomic E-state index is 12.1. The van der Waals surface area contributed by atoms with Gasteiger partial charge in [0, 0.05) is 13.1 Å². The van der Waals surface area contributed by atoms with E-state index in [0.29, 0.717) is 6.42 Å². The van der Waals surface area contributed by atoms with Crippen molar-refractivity contribution in [2.45, 2.75) is 37.3 Å². The van der Waals surface area contributed by atoms with Crippen molar-refractivity contribution in [1.29, 1.82) is 0 Å². The first-order valence-corrected chi connectivity index (χ1v) is 7.43. The Hall–Kier alpha value is -0.620. The standard InChI is InChI=1S/C10H18N2O3S/c1-12(8-3-6-16(14,15)7-8)9(13)10(11)4-2-5-10/h8H,2-7,11H2,1H3. The molecule has 6 heteroatoms. The predicted molar refractivity (Wildman–Crippen MR) is 60.6 cm³/mol. The maximum atomic E-state index is 12.1. The zero-order valence-electron chi connectivity index (χ0n) is 9.48. The van der Waals surface area contributed by atoms with E-state index in [1.807, 2.05) is 0 Å². The summed E-state index contributed by atoms with van der Waals surface area (Å²) in [5, 5.41) is 0. The van der Waals surface area contributed by atoms with Crippen molar-refractivity contribution in [2.75, 3.05) is 18.6 Å². The molecule has 2 N–H and O–H groups in total. The summed E-state index contributed by atoms with van der Waals surface area (Å²) in [7, 11) is -1.28. The van der Waals surface area contributed by atoms with E-state index in [2.05, 4.69) is 0 Å². The molecule has 1 saturated carbocycles. The smallest absolute Gasteiger partial charge is 0.242 e. The third kappa shape index (κ3) is 1.96. The number of hydrogen-bond acceptors (Lipinski definition) is 4. The number of nitrogens with two attached hydrogens (primary N) is 1. The van der Waals surface area contributed by atoms with Gasteiger partial charge in [-0.05, 0) is 25.7 Å². The predicted octanol–water partition coefficient (Wildman–Crippen LogP) is -0.487. The molecule has 0 bridgehead atoms. The molecular formula is C10H18N2O3S. The van der Waals surface area contributed by atoms with Crippen LogP contribution in [0.3, 0.4) is 0 Å². The summed E-state index contributed by atoms with van der Waals surface area (Å²) in [6, 6.07) is -0.182. The molecule has 2 rings (SSSR count). The lowest BCUT2D eigenvalue weighted by Gasteiger charge is -2.40. The van der Waals surface area contributed by atoms with Gasteiger partial charge in [0.25, 0.3) is 0 Å². The molecule has 1 amide bonds. The van der Waals surface area contributed by atoms with E-state index in [4.69, 9.17) is 5.73 Å². The Morgan fingerprint density at radius 1 is 1.44 bits per heavy atom. The van der Waals surface area contributed by atoms with Gasteiger partial charge in [0.15, 0.2) is 9.84 Å². The fourth-order valence-electron chi connectivity index (χ4n) is 2.37. The van der Waals surface area contributed by atoms with Gasteiger partial charge in [0.05, 0.1) is 17.0 Å². The SMILES string of the molecule is CN(C(=O)C1(N)CCC1)C1CCS(=O)(=O)C1. The second kappa shape index (κ2) is 3.70. The molecule has 1 heterocycles. The third-order valence-electron chi connectivity index (χ3n) is 3.75. The number of hydrogen-bond donors (Lipinski definition) is 1. The lowest BCUT2D eigenvalue weighted by atomic mass is 9.76. The number of carbonyl (C=O) groups excluding carboxylic acids is 1. The van der Waals surface area contributed by atoms with Crippen molar-refractivity contribution >= 4 is 15.7 Å². The van der Waals surface area contributed by atoms with Crippen LogP contribution >= 0.6 is 0 Å². The Morgan fingerprint density at radius 3 is 2.44 bits per heavy atom. The highest BCUT2D eigenvalue weighted by Gasteiger charge is 2.44. The van der Waals surface area contributed by atoms with E-state index >= 15 is 0 Å². The molecule has 1 unspecified atom stereocenters. The van der Waals surface area contributed by atoms with E-state index in [0.717, 1.165) is 19.3 Å². The lowest BCUT2D eigenvalue weighted by molar-refractivity contribution is -0.140. The summed E-state index contributed by atoms with van der Waals surface area (Å²) in [4.78, 5) is 13.6. The topological polar surface area (TPSA) is 80.5 Å². The summed E-state index contributed by atoms with van der Waals surface area (Å²) in [6.07, 6.45) is 2.96. The van der Waals surface area contributed by atoms with Crippen LogP contribution in [0.2, 0.25) is 0 Å². The van der Waals surface area contributed by atoms with Gasteiger partial charge in [-0.15, -0.1) is 0 Å². The number of likely N-dealkylation sites (N-methyl/N-ethyl adjacent to an activating group) is 1. The molecule has 5 nitrogen and oxygen atoms in total. The van der Waals surface area contributed by atoms with Gasteiger partial charge in [-0.3, -0.25) is 4.79 Å². The molecule has 0 aromatic rings. The average Bonchev–Trinajstić information content (AvgIpc) is 2.53. The van der Waals surface area contributed by atoms with Gasteiger partial charge in [-0.25, -0.2) is 8.42 Å². The Labute approximate surface area is 95.9 Å². The molecule has 2 aliphatic rings. The van der Waals surface area contributed by atoms with Gasteiger partial charge in [-0.2, -0.15) is 0 Å². The minimum atomic E-state index is -2.94. The van der Waals surface area contributed by atoms with Crippen LogP contribution in [-0.2, 0) is 14.6 Å². The van der Waals surface area contributed by atoms with Crippen molar-refractivity contribution in [2.24, 2.45) is 5.73 Å². The molecule has 2 fully saturated rings. The minimum absolute atomic E-state index is 0.0886.